The molecule has 1 saturated carbocycles. The summed E-state index contributed by atoms with van der Waals surface area (Å²) in [6.45, 7) is 2.15. The van der Waals surface area contributed by atoms with Gasteiger partial charge in [0.2, 0.25) is 0 Å². The minimum Gasteiger partial charge on any atom is -0.313 e. The lowest BCUT2D eigenvalue weighted by Crippen LogP contribution is -2.51. The molecule has 7 heteroatoms. The van der Waals surface area contributed by atoms with Crippen LogP contribution in [0.1, 0.15) is 49.4 Å². The van der Waals surface area contributed by atoms with Crippen LogP contribution in [0.15, 0.2) is 24.3 Å². The van der Waals surface area contributed by atoms with Crippen LogP contribution in [-0.2, 0) is 9.63 Å². The van der Waals surface area contributed by atoms with E-state index >= 15 is 0 Å². The fourth-order valence-electron chi connectivity index (χ4n) is 3.72. The van der Waals surface area contributed by atoms with Crippen LogP contribution in [0.3, 0.4) is 0 Å². The summed E-state index contributed by atoms with van der Waals surface area (Å²) in [5.74, 6) is 0.0395. The van der Waals surface area contributed by atoms with Gasteiger partial charge in [0.25, 0.3) is 11.8 Å². The van der Waals surface area contributed by atoms with E-state index in [0.717, 1.165) is 25.7 Å². The maximum Gasteiger partial charge on any atom is 0.267 e. The third kappa shape index (κ3) is 4.20. The maximum atomic E-state index is 13.2. The molecule has 2 aliphatic rings. The van der Waals surface area contributed by atoms with Crippen LogP contribution in [0, 0.1) is 11.7 Å². The van der Waals surface area contributed by atoms with E-state index in [2.05, 4.69) is 5.48 Å². The third-order valence-corrected chi connectivity index (χ3v) is 6.50. The molecule has 2 unspecified atom stereocenters. The number of halogens is 1. The van der Waals surface area contributed by atoms with Crippen LogP contribution in [0.4, 0.5) is 4.39 Å². The van der Waals surface area contributed by atoms with Crippen LogP contribution in [0.25, 0.3) is 0 Å². The van der Waals surface area contributed by atoms with Crippen molar-refractivity contribution in [3.8, 4) is 0 Å². The van der Waals surface area contributed by atoms with Crippen molar-refractivity contribution in [1.29, 1.82) is 0 Å². The van der Waals surface area contributed by atoms with Gasteiger partial charge in [-0.3, -0.25) is 14.4 Å². The van der Waals surface area contributed by atoms with Gasteiger partial charge >= 0.3 is 0 Å². The Bertz CT molecular complexity index is 634. The monoisotopic (exact) mass is 380 g/mol. The number of amides is 2. The molecule has 2 atom stereocenters. The molecule has 0 spiro atoms. The SMILES string of the molecule is CCONC(=O)C1CSC(C2CCCCC2)N1C(=O)c1ccc(F)cc1. The fraction of sp³-hybridized carbons (Fsp3) is 0.579. The number of carbonyl (C=O) groups excluding carboxylic acids is 2. The summed E-state index contributed by atoms with van der Waals surface area (Å²) >= 11 is 1.67. The Hall–Kier alpha value is -1.60. The summed E-state index contributed by atoms with van der Waals surface area (Å²) in [5.41, 5.74) is 2.84. The summed E-state index contributed by atoms with van der Waals surface area (Å²) < 4.78 is 13.2. The lowest BCUT2D eigenvalue weighted by Gasteiger charge is -2.35. The van der Waals surface area contributed by atoms with Gasteiger partial charge in [-0.05, 0) is 49.9 Å². The van der Waals surface area contributed by atoms with Crippen LogP contribution in [0.5, 0.6) is 0 Å². The summed E-state index contributed by atoms with van der Waals surface area (Å²) in [7, 11) is 0. The number of benzene rings is 1. The van der Waals surface area contributed by atoms with Gasteiger partial charge in [-0.15, -0.1) is 11.8 Å². The standard InChI is InChI=1S/C19H25FN2O3S/c1-2-25-21-17(23)16-12-26-19(14-6-4-3-5-7-14)22(16)18(24)13-8-10-15(20)11-9-13/h8-11,14,16,19H,2-7,12H2,1H3,(H,21,23). The molecular formula is C19H25FN2O3S. The molecule has 3 rings (SSSR count). The predicted octanol–water partition coefficient (Wildman–Crippen LogP) is 3.36. The number of rotatable bonds is 5. The number of thioether (sulfide) groups is 1. The Kier molecular flexibility index (Phi) is 6.53. The van der Waals surface area contributed by atoms with Crippen molar-refractivity contribution in [2.45, 2.75) is 50.4 Å². The minimum absolute atomic E-state index is 0.0229. The number of hydrogen-bond donors (Lipinski definition) is 1. The van der Waals surface area contributed by atoms with Crippen molar-refractivity contribution < 1.29 is 18.8 Å². The predicted molar refractivity (Wildman–Crippen MR) is 98.9 cm³/mol. The Morgan fingerprint density at radius 2 is 1.92 bits per heavy atom. The van der Waals surface area contributed by atoms with Crippen molar-refractivity contribution in [2.24, 2.45) is 5.92 Å². The highest BCUT2D eigenvalue weighted by atomic mass is 32.2. The van der Waals surface area contributed by atoms with Crippen molar-refractivity contribution in [1.82, 2.24) is 10.4 Å². The molecule has 0 bridgehead atoms. The third-order valence-electron chi connectivity index (χ3n) is 5.03. The fourth-order valence-corrected chi connectivity index (χ4v) is 5.36. The van der Waals surface area contributed by atoms with Gasteiger partial charge in [-0.1, -0.05) is 19.3 Å². The van der Waals surface area contributed by atoms with E-state index < -0.39 is 6.04 Å². The van der Waals surface area contributed by atoms with E-state index in [1.165, 1.54) is 30.7 Å². The lowest BCUT2D eigenvalue weighted by molar-refractivity contribution is -0.137. The first-order valence-corrected chi connectivity index (χ1v) is 10.3. The van der Waals surface area contributed by atoms with Crippen LogP contribution >= 0.6 is 11.8 Å². The van der Waals surface area contributed by atoms with E-state index in [0.29, 0.717) is 23.8 Å². The molecule has 0 radical (unpaired) electrons. The average Bonchev–Trinajstić information content (AvgIpc) is 3.12. The maximum absolute atomic E-state index is 13.2. The molecule has 1 aromatic carbocycles. The molecule has 1 N–H and O–H groups in total. The molecule has 2 fully saturated rings. The van der Waals surface area contributed by atoms with Crippen molar-refractivity contribution in [3.63, 3.8) is 0 Å². The number of hydrogen-bond acceptors (Lipinski definition) is 4. The highest BCUT2D eigenvalue weighted by Crippen LogP contribution is 2.41. The summed E-state index contributed by atoms with van der Waals surface area (Å²) in [4.78, 5) is 32.4. The topological polar surface area (TPSA) is 58.6 Å². The summed E-state index contributed by atoms with van der Waals surface area (Å²) in [6.07, 6.45) is 5.70. The van der Waals surface area contributed by atoms with Crippen LogP contribution in [0.2, 0.25) is 0 Å². The molecular weight excluding hydrogens is 355 g/mol. The highest BCUT2D eigenvalue weighted by Gasteiger charge is 2.45. The quantitative estimate of drug-likeness (QED) is 0.796. The van der Waals surface area contributed by atoms with Crippen LogP contribution in [-0.4, -0.2) is 40.5 Å². The number of carbonyl (C=O) groups is 2. The molecule has 1 aliphatic heterocycles. The second-order valence-electron chi connectivity index (χ2n) is 6.76. The van der Waals surface area contributed by atoms with Gasteiger partial charge in [-0.2, -0.15) is 0 Å². The highest BCUT2D eigenvalue weighted by molar-refractivity contribution is 8.00. The van der Waals surface area contributed by atoms with Gasteiger partial charge in [0.05, 0.1) is 12.0 Å². The molecule has 142 valence electrons. The normalized spacial score (nSPS) is 23.8. The largest absolute Gasteiger partial charge is 0.313 e. The molecule has 5 nitrogen and oxygen atoms in total. The van der Waals surface area contributed by atoms with Gasteiger partial charge in [-0.25, -0.2) is 9.87 Å². The van der Waals surface area contributed by atoms with Crippen molar-refractivity contribution in [2.75, 3.05) is 12.4 Å². The van der Waals surface area contributed by atoms with E-state index in [1.807, 2.05) is 0 Å². The molecule has 1 aromatic rings. The molecule has 1 heterocycles. The Labute approximate surface area is 157 Å². The zero-order valence-corrected chi connectivity index (χ0v) is 15.8. The van der Waals surface area contributed by atoms with Crippen molar-refractivity contribution >= 4 is 23.6 Å². The Morgan fingerprint density at radius 3 is 2.58 bits per heavy atom. The van der Waals surface area contributed by atoms with Gasteiger partial charge < -0.3 is 4.90 Å². The first-order chi connectivity index (χ1) is 12.6. The molecule has 1 saturated heterocycles. The van der Waals surface area contributed by atoms with Crippen molar-refractivity contribution in [3.05, 3.63) is 35.6 Å². The smallest absolute Gasteiger partial charge is 0.267 e. The summed E-state index contributed by atoms with van der Waals surface area (Å²) in [6, 6.07) is 4.95. The second-order valence-corrected chi connectivity index (χ2v) is 7.91. The van der Waals surface area contributed by atoms with E-state index in [-0.39, 0.29) is 23.0 Å². The van der Waals surface area contributed by atoms with Gasteiger partial charge in [0.1, 0.15) is 11.9 Å². The summed E-state index contributed by atoms with van der Waals surface area (Å²) in [5, 5.41) is -0.0229. The first-order valence-electron chi connectivity index (χ1n) is 9.23. The molecule has 0 aromatic heterocycles. The van der Waals surface area contributed by atoms with Gasteiger partial charge in [0, 0.05) is 11.3 Å². The lowest BCUT2D eigenvalue weighted by atomic mass is 9.88. The number of nitrogens with one attached hydrogen (secondary N) is 1. The Morgan fingerprint density at radius 1 is 1.23 bits per heavy atom. The number of hydroxylamine groups is 1. The molecule has 26 heavy (non-hydrogen) atoms. The molecule has 1 aliphatic carbocycles. The zero-order valence-electron chi connectivity index (χ0n) is 14.9. The van der Waals surface area contributed by atoms with E-state index in [1.54, 1.807) is 23.6 Å². The molecule has 2 amide bonds. The van der Waals surface area contributed by atoms with E-state index in [9.17, 15) is 14.0 Å². The van der Waals surface area contributed by atoms with E-state index in [4.69, 9.17) is 4.84 Å². The first kappa shape index (κ1) is 19.2. The Balaban J connectivity index is 1.84. The van der Waals surface area contributed by atoms with Crippen LogP contribution < -0.4 is 5.48 Å². The minimum atomic E-state index is -0.573. The zero-order chi connectivity index (χ0) is 18.5. The number of nitrogens with zero attached hydrogens (tertiary/aromatic N) is 1. The average molecular weight is 380 g/mol. The second kappa shape index (κ2) is 8.86. The van der Waals surface area contributed by atoms with Gasteiger partial charge in [0.15, 0.2) is 0 Å².